The molecule has 0 radical (unpaired) electrons. The van der Waals surface area contributed by atoms with Crippen molar-refractivity contribution in [3.63, 3.8) is 0 Å². The van der Waals surface area contributed by atoms with Crippen LogP contribution in [0.25, 0.3) is 0 Å². The minimum Gasteiger partial charge on any atom is -0.493 e. The summed E-state index contributed by atoms with van der Waals surface area (Å²) in [6.45, 7) is 4.30. The molecular formula is C14H20BrNO3. The highest BCUT2D eigenvalue weighted by Gasteiger charge is 2.14. The van der Waals surface area contributed by atoms with E-state index in [0.29, 0.717) is 19.4 Å². The number of carbonyl (C=O) groups excluding carboxylic acids is 1. The van der Waals surface area contributed by atoms with E-state index in [-0.39, 0.29) is 18.6 Å². The van der Waals surface area contributed by atoms with Gasteiger partial charge in [0.2, 0.25) is 5.91 Å². The van der Waals surface area contributed by atoms with Crippen LogP contribution < -0.4 is 10.1 Å². The van der Waals surface area contributed by atoms with E-state index in [4.69, 9.17) is 9.84 Å². The lowest BCUT2D eigenvalue weighted by Gasteiger charge is -2.18. The van der Waals surface area contributed by atoms with E-state index in [9.17, 15) is 4.79 Å². The van der Waals surface area contributed by atoms with Gasteiger partial charge in [0.25, 0.3) is 0 Å². The highest BCUT2D eigenvalue weighted by atomic mass is 79.9. The molecule has 0 heterocycles. The molecule has 5 heteroatoms. The highest BCUT2D eigenvalue weighted by molar-refractivity contribution is 9.10. The van der Waals surface area contributed by atoms with Crippen LogP contribution >= 0.6 is 15.9 Å². The lowest BCUT2D eigenvalue weighted by molar-refractivity contribution is -0.121. The fraction of sp³-hybridized carbons (Fsp3) is 0.500. The lowest BCUT2D eigenvalue weighted by Crippen LogP contribution is -2.26. The van der Waals surface area contributed by atoms with Crippen molar-refractivity contribution in [1.29, 1.82) is 0 Å². The van der Waals surface area contributed by atoms with Crippen LogP contribution in [0.3, 0.4) is 0 Å². The standard InChI is InChI=1S/C14H20BrNO3/c1-3-14(18)16-10(2)12-6-5-11(15)9-13(12)19-8-4-7-17/h5-6,9-10,17H,3-4,7-8H2,1-2H3,(H,16,18)/t10-/m1/s1. The predicted octanol–water partition coefficient (Wildman–Crippen LogP) is 2.80. The fourth-order valence-electron chi connectivity index (χ4n) is 1.66. The molecule has 0 spiro atoms. The zero-order valence-corrected chi connectivity index (χ0v) is 12.9. The van der Waals surface area contributed by atoms with E-state index in [1.807, 2.05) is 32.0 Å². The molecular weight excluding hydrogens is 310 g/mol. The van der Waals surface area contributed by atoms with Gasteiger partial charge in [0.05, 0.1) is 12.6 Å². The first kappa shape index (κ1) is 16.0. The van der Waals surface area contributed by atoms with Gasteiger partial charge in [-0.15, -0.1) is 0 Å². The minimum absolute atomic E-state index is 0.0109. The molecule has 0 fully saturated rings. The molecule has 0 unspecified atom stereocenters. The monoisotopic (exact) mass is 329 g/mol. The number of benzene rings is 1. The highest BCUT2D eigenvalue weighted by Crippen LogP contribution is 2.28. The molecule has 1 aromatic rings. The maximum atomic E-state index is 11.4. The van der Waals surface area contributed by atoms with Gasteiger partial charge in [-0.25, -0.2) is 0 Å². The molecule has 1 rings (SSSR count). The Kier molecular flexibility index (Phi) is 6.87. The summed E-state index contributed by atoms with van der Waals surface area (Å²) in [6, 6.07) is 5.62. The Morgan fingerprint density at radius 1 is 1.53 bits per heavy atom. The number of carbonyl (C=O) groups is 1. The summed E-state index contributed by atoms with van der Waals surface area (Å²) in [7, 11) is 0. The van der Waals surface area contributed by atoms with Gasteiger partial charge >= 0.3 is 0 Å². The lowest BCUT2D eigenvalue weighted by atomic mass is 10.1. The zero-order chi connectivity index (χ0) is 14.3. The molecule has 4 nitrogen and oxygen atoms in total. The molecule has 0 aliphatic heterocycles. The normalized spacial score (nSPS) is 12.0. The molecule has 0 aliphatic carbocycles. The Labute approximate surface area is 122 Å². The molecule has 2 N–H and O–H groups in total. The van der Waals surface area contributed by atoms with Gasteiger partial charge in [-0.2, -0.15) is 0 Å². The number of hydrogen-bond acceptors (Lipinski definition) is 3. The second-order valence-electron chi connectivity index (χ2n) is 4.25. The fourth-order valence-corrected chi connectivity index (χ4v) is 2.00. The van der Waals surface area contributed by atoms with Crippen molar-refractivity contribution in [2.75, 3.05) is 13.2 Å². The first-order valence-corrected chi connectivity index (χ1v) is 7.20. The van der Waals surface area contributed by atoms with Gasteiger partial charge in [-0.05, 0) is 19.1 Å². The van der Waals surface area contributed by atoms with Crippen LogP contribution in [0.4, 0.5) is 0 Å². The van der Waals surface area contributed by atoms with Crippen molar-refractivity contribution in [3.05, 3.63) is 28.2 Å². The number of halogens is 1. The topological polar surface area (TPSA) is 58.6 Å². The Bertz CT molecular complexity index is 423. The summed E-state index contributed by atoms with van der Waals surface area (Å²) >= 11 is 3.40. The van der Waals surface area contributed by atoms with Gasteiger partial charge in [-0.3, -0.25) is 4.79 Å². The number of amides is 1. The van der Waals surface area contributed by atoms with Crippen LogP contribution in [0.2, 0.25) is 0 Å². The third-order valence-electron chi connectivity index (χ3n) is 2.70. The van der Waals surface area contributed by atoms with Gasteiger partial charge in [-0.1, -0.05) is 28.9 Å². The first-order chi connectivity index (χ1) is 9.08. The number of rotatable bonds is 7. The minimum atomic E-state index is -0.107. The maximum Gasteiger partial charge on any atom is 0.220 e. The van der Waals surface area contributed by atoms with Gasteiger partial charge < -0.3 is 15.2 Å². The maximum absolute atomic E-state index is 11.4. The van der Waals surface area contributed by atoms with Crippen LogP contribution in [0.15, 0.2) is 22.7 Å². The van der Waals surface area contributed by atoms with Crippen molar-refractivity contribution < 1.29 is 14.6 Å². The molecule has 19 heavy (non-hydrogen) atoms. The molecule has 0 saturated carbocycles. The summed E-state index contributed by atoms with van der Waals surface area (Å²) in [5.41, 5.74) is 0.933. The third kappa shape index (κ3) is 5.20. The second-order valence-corrected chi connectivity index (χ2v) is 5.17. The summed E-state index contributed by atoms with van der Waals surface area (Å²) in [5, 5.41) is 11.7. The Morgan fingerprint density at radius 2 is 2.26 bits per heavy atom. The average Bonchev–Trinajstić information content (AvgIpc) is 2.38. The molecule has 0 bridgehead atoms. The zero-order valence-electron chi connectivity index (χ0n) is 11.3. The van der Waals surface area contributed by atoms with E-state index >= 15 is 0 Å². The number of nitrogens with one attached hydrogen (secondary N) is 1. The Balaban J connectivity index is 2.82. The van der Waals surface area contributed by atoms with Crippen molar-refractivity contribution in [1.82, 2.24) is 5.32 Å². The SMILES string of the molecule is CCC(=O)N[C@H](C)c1ccc(Br)cc1OCCCO. The molecule has 0 saturated heterocycles. The van der Waals surface area contributed by atoms with E-state index in [0.717, 1.165) is 15.8 Å². The van der Waals surface area contributed by atoms with Gasteiger partial charge in [0.1, 0.15) is 5.75 Å². The van der Waals surface area contributed by atoms with E-state index in [1.165, 1.54) is 0 Å². The smallest absolute Gasteiger partial charge is 0.220 e. The number of aliphatic hydroxyl groups excluding tert-OH is 1. The third-order valence-corrected chi connectivity index (χ3v) is 3.19. The largest absolute Gasteiger partial charge is 0.493 e. The average molecular weight is 330 g/mol. The molecule has 0 aliphatic rings. The predicted molar refractivity (Wildman–Crippen MR) is 78.2 cm³/mol. The first-order valence-electron chi connectivity index (χ1n) is 6.41. The Morgan fingerprint density at radius 3 is 2.89 bits per heavy atom. The van der Waals surface area contributed by atoms with Crippen LogP contribution in [0.5, 0.6) is 5.75 Å². The van der Waals surface area contributed by atoms with E-state index < -0.39 is 0 Å². The van der Waals surface area contributed by atoms with Crippen molar-refractivity contribution in [2.45, 2.75) is 32.7 Å². The number of aliphatic hydroxyl groups is 1. The van der Waals surface area contributed by atoms with Gasteiger partial charge in [0.15, 0.2) is 0 Å². The summed E-state index contributed by atoms with van der Waals surface area (Å²) in [6.07, 6.45) is 1.04. The second kappa shape index (κ2) is 8.17. The van der Waals surface area contributed by atoms with Gasteiger partial charge in [0, 0.05) is 29.5 Å². The van der Waals surface area contributed by atoms with E-state index in [2.05, 4.69) is 21.2 Å². The summed E-state index contributed by atoms with van der Waals surface area (Å²) in [4.78, 5) is 11.4. The van der Waals surface area contributed by atoms with Crippen molar-refractivity contribution >= 4 is 21.8 Å². The van der Waals surface area contributed by atoms with Crippen LogP contribution in [-0.2, 0) is 4.79 Å². The summed E-state index contributed by atoms with van der Waals surface area (Å²) < 4.78 is 6.57. The number of ether oxygens (including phenoxy) is 1. The molecule has 1 atom stereocenters. The van der Waals surface area contributed by atoms with Crippen molar-refractivity contribution in [2.24, 2.45) is 0 Å². The van der Waals surface area contributed by atoms with E-state index in [1.54, 1.807) is 0 Å². The quantitative estimate of drug-likeness (QED) is 0.756. The molecule has 1 aromatic carbocycles. The molecule has 106 valence electrons. The van der Waals surface area contributed by atoms with Crippen molar-refractivity contribution in [3.8, 4) is 5.75 Å². The van der Waals surface area contributed by atoms with Crippen LogP contribution in [0, 0.1) is 0 Å². The Hall–Kier alpha value is -1.07. The molecule has 0 aromatic heterocycles. The summed E-state index contributed by atoms with van der Waals surface area (Å²) in [5.74, 6) is 0.739. The van der Waals surface area contributed by atoms with Crippen LogP contribution in [0.1, 0.15) is 38.3 Å². The molecule has 1 amide bonds. The number of hydrogen-bond donors (Lipinski definition) is 2. The van der Waals surface area contributed by atoms with Crippen LogP contribution in [-0.4, -0.2) is 24.2 Å².